The molecule has 3 aromatic rings. The molecule has 0 aliphatic heterocycles. The molecule has 30 heavy (non-hydrogen) atoms. The minimum Gasteiger partial charge on any atom is -0.396 e. The Kier molecular flexibility index (Phi) is 7.25. The van der Waals surface area contributed by atoms with Crippen molar-refractivity contribution in [1.82, 2.24) is 10.3 Å². The van der Waals surface area contributed by atoms with Gasteiger partial charge in [0.25, 0.3) is 5.91 Å². The van der Waals surface area contributed by atoms with Crippen molar-refractivity contribution >= 4 is 45.6 Å². The van der Waals surface area contributed by atoms with E-state index in [0.717, 1.165) is 58.5 Å². The van der Waals surface area contributed by atoms with Crippen LogP contribution in [0.15, 0.2) is 48.0 Å². The number of anilines is 1. The molecule has 2 heterocycles. The largest absolute Gasteiger partial charge is 0.396 e. The molecule has 1 aromatic carbocycles. The number of carbonyl (C=O) groups excluding carboxylic acids is 1. The maximum absolute atomic E-state index is 12.9. The molecule has 5 nitrogen and oxygen atoms in total. The monoisotopic (exact) mass is 441 g/mol. The van der Waals surface area contributed by atoms with Gasteiger partial charge in [0.2, 0.25) is 0 Å². The van der Waals surface area contributed by atoms with Gasteiger partial charge >= 0.3 is 0 Å². The third-order valence-corrected chi connectivity index (χ3v) is 7.81. The molecule has 1 amide bonds. The molecule has 1 aliphatic rings. The van der Waals surface area contributed by atoms with E-state index in [9.17, 15) is 4.79 Å². The summed E-state index contributed by atoms with van der Waals surface area (Å²) in [5.41, 5.74) is 3.02. The molecule has 0 radical (unpaired) electrons. The quantitative estimate of drug-likeness (QED) is 0.473. The summed E-state index contributed by atoms with van der Waals surface area (Å²) < 4.78 is 0. The summed E-state index contributed by atoms with van der Waals surface area (Å²) in [6.45, 7) is 0.887. The first-order chi connectivity index (χ1) is 14.7. The first kappa shape index (κ1) is 21.2. The Balaban J connectivity index is 1.34. The number of nitrogens with zero attached hydrogens (tertiary/aromatic N) is 1. The van der Waals surface area contributed by atoms with E-state index >= 15 is 0 Å². The number of hydrogen-bond acceptors (Lipinski definition) is 6. The molecule has 4 rings (SSSR count). The zero-order chi connectivity index (χ0) is 20.8. The molecule has 0 spiro atoms. The molecular weight excluding hydrogens is 414 g/mol. The van der Waals surface area contributed by atoms with Crippen molar-refractivity contribution in [3.63, 3.8) is 0 Å². The molecule has 1 saturated carbocycles. The van der Waals surface area contributed by atoms with Gasteiger partial charge in [-0.1, -0.05) is 18.2 Å². The number of thiophene rings is 1. The Labute approximate surface area is 185 Å². The summed E-state index contributed by atoms with van der Waals surface area (Å²) in [5, 5.41) is 19.4. The van der Waals surface area contributed by atoms with E-state index < -0.39 is 0 Å². The Bertz CT molecular complexity index is 978. The lowest BCUT2D eigenvalue weighted by molar-refractivity contribution is 0.0933. The van der Waals surface area contributed by atoms with E-state index in [1.165, 1.54) is 11.3 Å². The zero-order valence-corrected chi connectivity index (χ0v) is 18.5. The third kappa shape index (κ3) is 5.14. The molecule has 0 saturated heterocycles. The summed E-state index contributed by atoms with van der Waals surface area (Å²) in [4.78, 5) is 18.0. The van der Waals surface area contributed by atoms with Crippen LogP contribution in [0.1, 0.15) is 40.9 Å². The number of nitrogens with one attached hydrogen (secondary N) is 2. The number of amides is 1. The summed E-state index contributed by atoms with van der Waals surface area (Å²) in [5.74, 6) is 0.817. The van der Waals surface area contributed by atoms with Crippen molar-refractivity contribution in [3.05, 3.63) is 58.4 Å². The Morgan fingerprint density at radius 2 is 2.00 bits per heavy atom. The number of para-hydroxylation sites is 1. The molecule has 0 unspecified atom stereocenters. The normalized spacial score (nSPS) is 19.0. The van der Waals surface area contributed by atoms with Gasteiger partial charge in [0.15, 0.2) is 0 Å². The minimum atomic E-state index is 0.0125. The SMILES string of the molecule is O=C(NC1CCC(SCCO)CC1)c1sccc1NCc1ccnc2ccccc12. The van der Waals surface area contributed by atoms with E-state index in [1.807, 2.05) is 53.7 Å². The van der Waals surface area contributed by atoms with Crippen LogP contribution in [-0.2, 0) is 6.54 Å². The fourth-order valence-electron chi connectivity index (χ4n) is 3.97. The molecule has 3 N–H and O–H groups in total. The number of hydrogen-bond donors (Lipinski definition) is 3. The first-order valence-electron chi connectivity index (χ1n) is 10.4. The summed E-state index contributed by atoms with van der Waals surface area (Å²) in [7, 11) is 0. The molecule has 1 aliphatic carbocycles. The average Bonchev–Trinajstić information content (AvgIpc) is 3.26. The molecule has 7 heteroatoms. The number of aliphatic hydroxyl groups is 1. The Morgan fingerprint density at radius 3 is 2.83 bits per heavy atom. The molecule has 158 valence electrons. The smallest absolute Gasteiger partial charge is 0.263 e. The van der Waals surface area contributed by atoms with Crippen molar-refractivity contribution in [1.29, 1.82) is 0 Å². The molecule has 1 fully saturated rings. The van der Waals surface area contributed by atoms with Gasteiger partial charge in [-0.2, -0.15) is 11.8 Å². The van der Waals surface area contributed by atoms with E-state index in [0.29, 0.717) is 11.8 Å². The number of pyridine rings is 1. The second-order valence-corrected chi connectivity index (χ2v) is 9.87. The summed E-state index contributed by atoms with van der Waals surface area (Å²) in [6.07, 6.45) is 6.04. The predicted octanol–water partition coefficient (Wildman–Crippen LogP) is 4.67. The number of aliphatic hydroxyl groups excluding tert-OH is 1. The molecular formula is C23H27N3O2S2. The van der Waals surface area contributed by atoms with Crippen LogP contribution in [0.2, 0.25) is 0 Å². The van der Waals surface area contributed by atoms with Crippen LogP contribution in [-0.4, -0.2) is 39.6 Å². The first-order valence-corrected chi connectivity index (χ1v) is 12.3. The van der Waals surface area contributed by atoms with Gasteiger partial charge in [0.05, 0.1) is 17.8 Å². The highest BCUT2D eigenvalue weighted by Crippen LogP contribution is 2.29. The fourth-order valence-corrected chi connectivity index (χ4v) is 5.79. The highest BCUT2D eigenvalue weighted by atomic mass is 32.2. The molecule has 0 bridgehead atoms. The highest BCUT2D eigenvalue weighted by molar-refractivity contribution is 7.99. The summed E-state index contributed by atoms with van der Waals surface area (Å²) >= 11 is 3.33. The van der Waals surface area contributed by atoms with Crippen LogP contribution >= 0.6 is 23.1 Å². The number of benzene rings is 1. The fraction of sp³-hybridized carbons (Fsp3) is 0.391. The van der Waals surface area contributed by atoms with E-state index in [2.05, 4.69) is 21.7 Å². The van der Waals surface area contributed by atoms with Crippen molar-refractivity contribution in [2.75, 3.05) is 17.7 Å². The van der Waals surface area contributed by atoms with Gasteiger partial charge in [-0.15, -0.1) is 11.3 Å². The van der Waals surface area contributed by atoms with E-state index in [-0.39, 0.29) is 18.6 Å². The lowest BCUT2D eigenvalue weighted by atomic mass is 9.95. The van der Waals surface area contributed by atoms with Crippen LogP contribution in [0.5, 0.6) is 0 Å². The standard InChI is InChI=1S/C23H27N3O2S2/c27-12-14-29-18-7-5-17(6-8-18)26-23(28)22-21(10-13-30-22)25-15-16-9-11-24-20-4-2-1-3-19(16)20/h1-4,9-11,13,17-18,25,27H,5-8,12,14-15H2,(H,26,28). The van der Waals surface area contributed by atoms with E-state index in [4.69, 9.17) is 5.11 Å². The van der Waals surface area contributed by atoms with Gasteiger partial charge in [-0.05, 0) is 54.8 Å². The lowest BCUT2D eigenvalue weighted by Gasteiger charge is -2.28. The summed E-state index contributed by atoms with van der Waals surface area (Å²) in [6, 6.07) is 12.3. The highest BCUT2D eigenvalue weighted by Gasteiger charge is 2.24. The number of thioether (sulfide) groups is 1. The van der Waals surface area contributed by atoms with Gasteiger partial charge in [0, 0.05) is 35.2 Å². The van der Waals surface area contributed by atoms with Crippen LogP contribution in [0.4, 0.5) is 5.69 Å². The second-order valence-electron chi connectivity index (χ2n) is 7.55. The minimum absolute atomic E-state index is 0.0125. The van der Waals surface area contributed by atoms with Gasteiger partial charge in [-0.3, -0.25) is 9.78 Å². The van der Waals surface area contributed by atoms with Crippen LogP contribution in [0.3, 0.4) is 0 Å². The van der Waals surface area contributed by atoms with Gasteiger partial charge < -0.3 is 15.7 Å². The number of fused-ring (bicyclic) bond motifs is 1. The van der Waals surface area contributed by atoms with Gasteiger partial charge in [-0.25, -0.2) is 0 Å². The van der Waals surface area contributed by atoms with Crippen molar-refractivity contribution in [3.8, 4) is 0 Å². The van der Waals surface area contributed by atoms with Crippen LogP contribution in [0.25, 0.3) is 10.9 Å². The van der Waals surface area contributed by atoms with Gasteiger partial charge in [0.1, 0.15) is 4.88 Å². The van der Waals surface area contributed by atoms with Crippen molar-refractivity contribution in [2.45, 2.75) is 43.5 Å². The zero-order valence-electron chi connectivity index (χ0n) is 16.8. The molecule has 2 aromatic heterocycles. The van der Waals surface area contributed by atoms with Crippen molar-refractivity contribution in [2.24, 2.45) is 0 Å². The second kappa shape index (κ2) is 10.3. The lowest BCUT2D eigenvalue weighted by Crippen LogP contribution is -2.38. The maximum Gasteiger partial charge on any atom is 0.263 e. The van der Waals surface area contributed by atoms with E-state index in [1.54, 1.807) is 0 Å². The third-order valence-electron chi connectivity index (χ3n) is 5.53. The van der Waals surface area contributed by atoms with Crippen LogP contribution in [0, 0.1) is 0 Å². The number of aromatic nitrogens is 1. The predicted molar refractivity (Wildman–Crippen MR) is 126 cm³/mol. The van der Waals surface area contributed by atoms with Crippen LogP contribution < -0.4 is 10.6 Å². The Hall–Kier alpha value is -2.09. The van der Waals surface area contributed by atoms with Crippen molar-refractivity contribution < 1.29 is 9.90 Å². The maximum atomic E-state index is 12.9. The number of rotatable bonds is 8. The molecule has 0 atom stereocenters. The topological polar surface area (TPSA) is 74.2 Å². The number of carbonyl (C=O) groups is 1. The average molecular weight is 442 g/mol. The Morgan fingerprint density at radius 1 is 1.17 bits per heavy atom.